The van der Waals surface area contributed by atoms with Crippen molar-refractivity contribution in [2.75, 3.05) is 19.0 Å². The number of benzene rings is 2. The van der Waals surface area contributed by atoms with E-state index in [-0.39, 0.29) is 12.5 Å². The Balaban J connectivity index is 1.91. The number of hydrogen-bond donors (Lipinski definition) is 2. The van der Waals surface area contributed by atoms with Crippen LogP contribution in [0.3, 0.4) is 0 Å². The molecule has 1 aliphatic rings. The number of carbonyl (C=O) groups is 2. The van der Waals surface area contributed by atoms with E-state index in [0.717, 1.165) is 5.56 Å². The lowest BCUT2D eigenvalue weighted by molar-refractivity contribution is -0.139. The Kier molecular flexibility index (Phi) is 6.47. The van der Waals surface area contributed by atoms with Gasteiger partial charge in [-0.15, -0.1) is 0 Å². The summed E-state index contributed by atoms with van der Waals surface area (Å²) in [7, 11) is 1.78. The summed E-state index contributed by atoms with van der Waals surface area (Å²) in [5, 5.41) is 6.44. The summed E-state index contributed by atoms with van der Waals surface area (Å²) in [6.07, 6.45) is 0. The van der Waals surface area contributed by atoms with Gasteiger partial charge in [-0.3, -0.25) is 4.79 Å². The second kappa shape index (κ2) is 9.04. The lowest BCUT2D eigenvalue weighted by Crippen LogP contribution is -2.46. The summed E-state index contributed by atoms with van der Waals surface area (Å²) in [4.78, 5) is 26.8. The minimum Gasteiger partial charge on any atom is -0.463 e. The van der Waals surface area contributed by atoms with Gasteiger partial charge in [0.15, 0.2) is 5.11 Å². The first-order chi connectivity index (χ1) is 14.3. The zero-order valence-corrected chi connectivity index (χ0v) is 17.7. The summed E-state index contributed by atoms with van der Waals surface area (Å²) >= 11 is 5.39. The zero-order chi connectivity index (χ0) is 21.8. The molecule has 6 nitrogen and oxygen atoms in total. The number of ether oxygens (including phenoxy) is 1. The fourth-order valence-electron chi connectivity index (χ4n) is 3.16. The van der Waals surface area contributed by atoms with E-state index in [1.54, 1.807) is 37.1 Å². The van der Waals surface area contributed by atoms with Gasteiger partial charge in [0.1, 0.15) is 5.82 Å². The van der Waals surface area contributed by atoms with E-state index >= 15 is 0 Å². The van der Waals surface area contributed by atoms with Crippen LogP contribution in [0.5, 0.6) is 0 Å². The van der Waals surface area contributed by atoms with E-state index in [1.807, 2.05) is 13.0 Å². The highest BCUT2D eigenvalue weighted by atomic mass is 32.1. The van der Waals surface area contributed by atoms with Crippen LogP contribution in [-0.4, -0.2) is 35.5 Å². The van der Waals surface area contributed by atoms with Gasteiger partial charge in [-0.25, -0.2) is 9.18 Å². The maximum atomic E-state index is 13.1. The van der Waals surface area contributed by atoms with Crippen molar-refractivity contribution in [3.63, 3.8) is 0 Å². The van der Waals surface area contributed by atoms with E-state index in [0.29, 0.717) is 27.6 Å². The molecule has 0 saturated heterocycles. The fourth-order valence-corrected chi connectivity index (χ4v) is 3.41. The molecular weight excluding hydrogens is 405 g/mol. The summed E-state index contributed by atoms with van der Waals surface area (Å²) in [5.41, 5.74) is 2.76. The van der Waals surface area contributed by atoms with Crippen LogP contribution in [0.2, 0.25) is 0 Å². The molecule has 0 unspecified atom stereocenters. The highest BCUT2D eigenvalue weighted by molar-refractivity contribution is 7.80. The molecule has 1 heterocycles. The van der Waals surface area contributed by atoms with Gasteiger partial charge in [0, 0.05) is 24.0 Å². The molecule has 0 aromatic heterocycles. The van der Waals surface area contributed by atoms with Gasteiger partial charge in [-0.05, 0) is 68.0 Å². The van der Waals surface area contributed by atoms with Crippen LogP contribution in [0.4, 0.5) is 10.1 Å². The van der Waals surface area contributed by atoms with Crippen molar-refractivity contribution in [2.24, 2.45) is 0 Å². The lowest BCUT2D eigenvalue weighted by Gasteiger charge is -2.35. The minimum atomic E-state index is -0.518. The van der Waals surface area contributed by atoms with E-state index < -0.39 is 17.8 Å². The van der Waals surface area contributed by atoms with Gasteiger partial charge >= 0.3 is 5.97 Å². The monoisotopic (exact) mass is 427 g/mol. The van der Waals surface area contributed by atoms with Crippen LogP contribution in [0, 0.1) is 5.82 Å². The number of hydrogen-bond acceptors (Lipinski definition) is 4. The topological polar surface area (TPSA) is 70.7 Å². The smallest absolute Gasteiger partial charge is 0.338 e. The first-order valence-electron chi connectivity index (χ1n) is 9.40. The molecule has 2 aromatic rings. The SMILES string of the molecule is CCOC(=O)C1=C(C)N(C)C(=S)N[C@@H]1c1cccc(NC(=O)c2ccc(F)cc2)c1. The van der Waals surface area contributed by atoms with Gasteiger partial charge < -0.3 is 20.3 Å². The number of anilines is 1. The molecule has 30 heavy (non-hydrogen) atoms. The van der Waals surface area contributed by atoms with Gasteiger partial charge in [0.25, 0.3) is 5.91 Å². The number of thiocarbonyl (C=S) groups is 1. The van der Waals surface area contributed by atoms with Crippen molar-refractivity contribution in [2.45, 2.75) is 19.9 Å². The summed E-state index contributed by atoms with van der Waals surface area (Å²) in [6.45, 7) is 3.82. The summed E-state index contributed by atoms with van der Waals surface area (Å²) < 4.78 is 18.3. The third kappa shape index (κ3) is 4.49. The minimum absolute atomic E-state index is 0.254. The second-order valence-corrected chi connectivity index (χ2v) is 7.13. The van der Waals surface area contributed by atoms with Crippen molar-refractivity contribution in [1.82, 2.24) is 10.2 Å². The zero-order valence-electron chi connectivity index (χ0n) is 16.9. The van der Waals surface area contributed by atoms with Gasteiger partial charge in [-0.2, -0.15) is 0 Å². The van der Waals surface area contributed by atoms with Gasteiger partial charge in [-0.1, -0.05) is 12.1 Å². The first-order valence-corrected chi connectivity index (χ1v) is 9.81. The fraction of sp³-hybridized carbons (Fsp3) is 0.227. The molecule has 8 heteroatoms. The first kappa shape index (κ1) is 21.4. The Morgan fingerprint density at radius 3 is 2.60 bits per heavy atom. The number of esters is 1. The van der Waals surface area contributed by atoms with Crippen molar-refractivity contribution in [3.05, 3.63) is 76.7 Å². The molecule has 0 fully saturated rings. The largest absolute Gasteiger partial charge is 0.463 e. The third-order valence-corrected chi connectivity index (χ3v) is 5.23. The Bertz CT molecular complexity index is 1020. The van der Waals surface area contributed by atoms with Crippen molar-refractivity contribution >= 4 is 34.9 Å². The van der Waals surface area contributed by atoms with Crippen LogP contribution in [0.15, 0.2) is 59.8 Å². The van der Waals surface area contributed by atoms with E-state index in [2.05, 4.69) is 10.6 Å². The number of halogens is 1. The molecule has 0 spiro atoms. The molecule has 0 saturated carbocycles. The molecule has 3 rings (SSSR count). The molecule has 0 radical (unpaired) electrons. The molecule has 1 atom stereocenters. The van der Waals surface area contributed by atoms with Crippen LogP contribution in [0.1, 0.15) is 35.8 Å². The Labute approximate surface area is 179 Å². The maximum absolute atomic E-state index is 13.1. The lowest BCUT2D eigenvalue weighted by atomic mass is 9.95. The van der Waals surface area contributed by atoms with E-state index in [4.69, 9.17) is 17.0 Å². The Morgan fingerprint density at radius 1 is 1.23 bits per heavy atom. The normalized spacial score (nSPS) is 16.2. The molecule has 1 amide bonds. The number of allylic oxidation sites excluding steroid dienone is 1. The third-order valence-electron chi connectivity index (χ3n) is 4.83. The number of nitrogens with one attached hydrogen (secondary N) is 2. The summed E-state index contributed by atoms with van der Waals surface area (Å²) in [5.74, 6) is -1.20. The highest BCUT2D eigenvalue weighted by Gasteiger charge is 2.33. The number of amides is 1. The predicted molar refractivity (Wildman–Crippen MR) is 116 cm³/mol. The number of carbonyl (C=O) groups excluding carboxylic acids is 2. The van der Waals surface area contributed by atoms with E-state index in [1.165, 1.54) is 24.3 Å². The predicted octanol–water partition coefficient (Wildman–Crippen LogP) is 3.78. The molecule has 0 bridgehead atoms. The average Bonchev–Trinajstić information content (AvgIpc) is 2.72. The highest BCUT2D eigenvalue weighted by Crippen LogP contribution is 2.32. The number of rotatable bonds is 5. The quantitative estimate of drug-likeness (QED) is 0.559. The van der Waals surface area contributed by atoms with Crippen LogP contribution < -0.4 is 10.6 Å². The molecule has 2 N–H and O–H groups in total. The number of nitrogens with zero attached hydrogens (tertiary/aromatic N) is 1. The van der Waals surface area contributed by atoms with Gasteiger partial charge in [0.05, 0.1) is 18.2 Å². The average molecular weight is 428 g/mol. The molecule has 0 aliphatic carbocycles. The molecule has 2 aromatic carbocycles. The van der Waals surface area contributed by atoms with Gasteiger partial charge in [0.2, 0.25) is 0 Å². The molecule has 156 valence electrons. The summed E-state index contributed by atoms with van der Waals surface area (Å²) in [6, 6.07) is 11.9. The van der Waals surface area contributed by atoms with Crippen molar-refractivity contribution in [1.29, 1.82) is 0 Å². The standard InChI is InChI=1S/C22H22FN3O3S/c1-4-29-21(28)18-13(2)26(3)22(30)25-19(18)15-6-5-7-17(12-15)24-20(27)14-8-10-16(23)11-9-14/h5-12,19H,4H2,1-3H3,(H,24,27)(H,25,30)/t19-/m1/s1. The van der Waals surface area contributed by atoms with E-state index in [9.17, 15) is 14.0 Å². The van der Waals surface area contributed by atoms with Crippen molar-refractivity contribution in [3.8, 4) is 0 Å². The molecular formula is C22H22FN3O3S. The van der Waals surface area contributed by atoms with Crippen LogP contribution in [-0.2, 0) is 9.53 Å². The maximum Gasteiger partial charge on any atom is 0.338 e. The Hall–Kier alpha value is -3.26. The molecule has 1 aliphatic heterocycles. The van der Waals surface area contributed by atoms with Crippen LogP contribution in [0.25, 0.3) is 0 Å². The second-order valence-electron chi connectivity index (χ2n) is 6.75. The van der Waals surface area contributed by atoms with Crippen molar-refractivity contribution < 1.29 is 18.7 Å². The van der Waals surface area contributed by atoms with Crippen LogP contribution >= 0.6 is 12.2 Å². The Morgan fingerprint density at radius 2 is 1.93 bits per heavy atom.